The van der Waals surface area contributed by atoms with Crippen LogP contribution in [0.3, 0.4) is 0 Å². The molecule has 0 atom stereocenters. The van der Waals surface area contributed by atoms with Gasteiger partial charge in [0.25, 0.3) is 0 Å². The summed E-state index contributed by atoms with van der Waals surface area (Å²) in [7, 11) is 0. The smallest absolute Gasteiger partial charge is 0.0528 e. The van der Waals surface area contributed by atoms with E-state index in [0.717, 1.165) is 16.7 Å². The molecule has 0 aromatic heterocycles. The lowest BCUT2D eigenvalue weighted by atomic mass is 10.0. The Morgan fingerprint density at radius 3 is 1.71 bits per heavy atom. The van der Waals surface area contributed by atoms with Gasteiger partial charge in [0.2, 0.25) is 0 Å². The van der Waals surface area contributed by atoms with Gasteiger partial charge in [-0.25, -0.2) is 0 Å². The Bertz CT molecular complexity index is 501. The van der Waals surface area contributed by atoms with Crippen LogP contribution in [0.1, 0.15) is 11.1 Å². The summed E-state index contributed by atoms with van der Waals surface area (Å²) in [5.74, 6) is 0.401. The standard InChI is InChI=1S/C15H12Cl2/c16-11-14(12-7-3-1-4-8-12)15(17)13-9-5-2-6-10-13/h1-10H,11H2/b15-14-. The summed E-state index contributed by atoms with van der Waals surface area (Å²) in [6, 6.07) is 19.8. The van der Waals surface area contributed by atoms with Gasteiger partial charge >= 0.3 is 0 Å². The lowest BCUT2D eigenvalue weighted by Crippen LogP contribution is -1.89. The highest BCUT2D eigenvalue weighted by atomic mass is 35.5. The van der Waals surface area contributed by atoms with Crippen molar-refractivity contribution >= 4 is 33.8 Å². The number of hydrogen-bond acceptors (Lipinski definition) is 0. The second kappa shape index (κ2) is 5.90. The van der Waals surface area contributed by atoms with Gasteiger partial charge in [0.1, 0.15) is 0 Å². The maximum atomic E-state index is 6.40. The van der Waals surface area contributed by atoms with Crippen molar-refractivity contribution in [1.82, 2.24) is 0 Å². The van der Waals surface area contributed by atoms with Crippen LogP contribution in [0.5, 0.6) is 0 Å². The molecular formula is C15H12Cl2. The van der Waals surface area contributed by atoms with Crippen LogP contribution in [0.15, 0.2) is 60.7 Å². The number of rotatable bonds is 3. The van der Waals surface area contributed by atoms with E-state index in [2.05, 4.69) is 0 Å². The zero-order valence-corrected chi connectivity index (χ0v) is 10.7. The fraction of sp³-hybridized carbons (Fsp3) is 0.0667. The van der Waals surface area contributed by atoms with Crippen molar-refractivity contribution in [1.29, 1.82) is 0 Å². The van der Waals surface area contributed by atoms with Gasteiger partial charge < -0.3 is 0 Å². The van der Waals surface area contributed by atoms with E-state index >= 15 is 0 Å². The van der Waals surface area contributed by atoms with Gasteiger partial charge in [-0.3, -0.25) is 0 Å². The molecule has 0 nitrogen and oxygen atoms in total. The summed E-state index contributed by atoms with van der Waals surface area (Å²) in [5, 5.41) is 0.715. The molecule has 0 saturated carbocycles. The zero-order valence-electron chi connectivity index (χ0n) is 9.24. The van der Waals surface area contributed by atoms with Gasteiger partial charge in [0.15, 0.2) is 0 Å². The van der Waals surface area contributed by atoms with E-state index in [1.807, 2.05) is 60.7 Å². The molecule has 0 saturated heterocycles. The van der Waals surface area contributed by atoms with Crippen LogP contribution >= 0.6 is 23.2 Å². The normalized spacial score (nSPS) is 12.1. The molecule has 17 heavy (non-hydrogen) atoms. The minimum absolute atomic E-state index is 0.401. The largest absolute Gasteiger partial charge is 0.121 e. The third-order valence-corrected chi connectivity index (χ3v) is 3.26. The number of allylic oxidation sites excluding steroid dienone is 1. The molecule has 0 aliphatic rings. The summed E-state index contributed by atoms with van der Waals surface area (Å²) >= 11 is 12.4. The summed E-state index contributed by atoms with van der Waals surface area (Å²) in [6.07, 6.45) is 0. The van der Waals surface area contributed by atoms with Crippen molar-refractivity contribution in [3.05, 3.63) is 71.8 Å². The Morgan fingerprint density at radius 1 is 0.765 bits per heavy atom. The van der Waals surface area contributed by atoms with Gasteiger partial charge in [0.05, 0.1) is 5.03 Å². The first-order valence-electron chi connectivity index (χ1n) is 5.38. The van der Waals surface area contributed by atoms with Gasteiger partial charge in [-0.05, 0) is 16.7 Å². The fourth-order valence-electron chi connectivity index (χ4n) is 1.66. The molecule has 0 bridgehead atoms. The average Bonchev–Trinajstić information content (AvgIpc) is 2.42. The van der Waals surface area contributed by atoms with Crippen LogP contribution in [0.25, 0.3) is 10.6 Å². The molecule has 0 aliphatic heterocycles. The molecule has 86 valence electrons. The molecule has 2 aromatic carbocycles. The van der Waals surface area contributed by atoms with Crippen molar-refractivity contribution in [3.63, 3.8) is 0 Å². The molecule has 2 heteroatoms. The number of alkyl halides is 1. The minimum atomic E-state index is 0.401. The van der Waals surface area contributed by atoms with E-state index in [1.54, 1.807) is 0 Å². The van der Waals surface area contributed by atoms with E-state index in [-0.39, 0.29) is 0 Å². The molecule has 0 aliphatic carbocycles. The topological polar surface area (TPSA) is 0 Å². The molecule has 0 unspecified atom stereocenters. The third kappa shape index (κ3) is 2.91. The van der Waals surface area contributed by atoms with Gasteiger partial charge in [-0.2, -0.15) is 0 Å². The van der Waals surface area contributed by atoms with E-state index in [1.165, 1.54) is 0 Å². The third-order valence-electron chi connectivity index (χ3n) is 2.55. The Morgan fingerprint density at radius 2 is 1.24 bits per heavy atom. The molecule has 2 aromatic rings. The molecule has 0 radical (unpaired) electrons. The van der Waals surface area contributed by atoms with Crippen LogP contribution in [0.4, 0.5) is 0 Å². The molecule has 2 rings (SSSR count). The molecule has 0 amide bonds. The molecule has 0 N–H and O–H groups in total. The van der Waals surface area contributed by atoms with Crippen molar-refractivity contribution in [2.75, 3.05) is 5.88 Å². The fourth-order valence-corrected chi connectivity index (χ4v) is 2.32. The first-order chi connectivity index (χ1) is 8.33. The van der Waals surface area contributed by atoms with Crippen LogP contribution in [-0.4, -0.2) is 5.88 Å². The van der Waals surface area contributed by atoms with Gasteiger partial charge in [-0.15, -0.1) is 11.6 Å². The highest BCUT2D eigenvalue weighted by molar-refractivity contribution is 6.53. The number of benzene rings is 2. The summed E-state index contributed by atoms with van der Waals surface area (Å²) in [6.45, 7) is 0. The second-order valence-electron chi connectivity index (χ2n) is 3.66. The molecule has 0 fully saturated rings. The van der Waals surface area contributed by atoms with E-state index in [4.69, 9.17) is 23.2 Å². The van der Waals surface area contributed by atoms with E-state index in [9.17, 15) is 0 Å². The van der Waals surface area contributed by atoms with E-state index in [0.29, 0.717) is 10.9 Å². The Balaban J connectivity index is 2.48. The van der Waals surface area contributed by atoms with Crippen LogP contribution in [0, 0.1) is 0 Å². The van der Waals surface area contributed by atoms with Gasteiger partial charge in [-0.1, -0.05) is 72.3 Å². The quantitative estimate of drug-likeness (QED) is 0.538. The first-order valence-corrected chi connectivity index (χ1v) is 6.29. The van der Waals surface area contributed by atoms with Crippen molar-refractivity contribution in [2.24, 2.45) is 0 Å². The monoisotopic (exact) mass is 262 g/mol. The summed E-state index contributed by atoms with van der Waals surface area (Å²) in [4.78, 5) is 0. The minimum Gasteiger partial charge on any atom is -0.121 e. The molecule has 0 spiro atoms. The molecular weight excluding hydrogens is 251 g/mol. The SMILES string of the molecule is ClC/C(=C(/Cl)c1ccccc1)c1ccccc1. The highest BCUT2D eigenvalue weighted by Gasteiger charge is 2.07. The Labute approximate surface area is 112 Å². The highest BCUT2D eigenvalue weighted by Crippen LogP contribution is 2.30. The number of hydrogen-bond donors (Lipinski definition) is 0. The predicted octanol–water partition coefficient (Wildman–Crippen LogP) is 5.03. The Hall–Kier alpha value is -1.24. The summed E-state index contributed by atoms with van der Waals surface area (Å²) in [5.41, 5.74) is 3.02. The lowest BCUT2D eigenvalue weighted by Gasteiger charge is -2.08. The van der Waals surface area contributed by atoms with Crippen molar-refractivity contribution < 1.29 is 0 Å². The van der Waals surface area contributed by atoms with Crippen molar-refractivity contribution in [3.8, 4) is 0 Å². The average molecular weight is 263 g/mol. The zero-order chi connectivity index (χ0) is 12.1. The van der Waals surface area contributed by atoms with Crippen molar-refractivity contribution in [2.45, 2.75) is 0 Å². The Kier molecular flexibility index (Phi) is 4.24. The number of halogens is 2. The second-order valence-corrected chi connectivity index (χ2v) is 4.30. The van der Waals surface area contributed by atoms with Crippen LogP contribution < -0.4 is 0 Å². The predicted molar refractivity (Wildman–Crippen MR) is 76.3 cm³/mol. The van der Waals surface area contributed by atoms with Crippen LogP contribution in [-0.2, 0) is 0 Å². The maximum Gasteiger partial charge on any atom is 0.0528 e. The molecule has 0 heterocycles. The summed E-state index contributed by atoms with van der Waals surface area (Å²) < 4.78 is 0. The van der Waals surface area contributed by atoms with Gasteiger partial charge in [0, 0.05) is 5.88 Å². The lowest BCUT2D eigenvalue weighted by molar-refractivity contribution is 1.57. The first kappa shape index (κ1) is 12.2. The van der Waals surface area contributed by atoms with Crippen LogP contribution in [0.2, 0.25) is 0 Å². The maximum absolute atomic E-state index is 6.40. The van der Waals surface area contributed by atoms with E-state index < -0.39 is 0 Å².